The summed E-state index contributed by atoms with van der Waals surface area (Å²) in [7, 11) is 0. The molecule has 1 aromatic rings. The zero-order valence-corrected chi connectivity index (χ0v) is 8.85. The number of aromatic nitrogens is 1. The van der Waals surface area contributed by atoms with Crippen LogP contribution in [-0.4, -0.2) is 22.5 Å². The van der Waals surface area contributed by atoms with E-state index in [0.29, 0.717) is 6.04 Å². The molecule has 2 rings (SSSR count). The largest absolute Gasteiger partial charge is 0.305 e. The Balaban J connectivity index is 2.10. The minimum Gasteiger partial charge on any atom is -0.305 e. The van der Waals surface area contributed by atoms with Crippen LogP contribution in [-0.2, 0) is 0 Å². The summed E-state index contributed by atoms with van der Waals surface area (Å²) in [4.78, 5) is 4.09. The molecule has 1 fully saturated rings. The molecule has 1 aromatic heterocycles. The van der Waals surface area contributed by atoms with E-state index in [0.717, 1.165) is 17.2 Å². The smallest absolute Gasteiger partial charge is 0.141 e. The third kappa shape index (κ3) is 2.25. The van der Waals surface area contributed by atoms with Crippen molar-refractivity contribution in [1.29, 1.82) is 0 Å². The zero-order chi connectivity index (χ0) is 9.97. The molecule has 4 heteroatoms. The van der Waals surface area contributed by atoms with Crippen molar-refractivity contribution in [3.63, 3.8) is 0 Å². The van der Waals surface area contributed by atoms with Gasteiger partial charge in [0.15, 0.2) is 0 Å². The van der Waals surface area contributed by atoms with Crippen molar-refractivity contribution in [2.45, 2.75) is 19.0 Å². The van der Waals surface area contributed by atoms with Gasteiger partial charge in [-0.3, -0.25) is 4.98 Å². The van der Waals surface area contributed by atoms with Crippen molar-refractivity contribution in [1.82, 2.24) is 10.3 Å². The van der Waals surface area contributed by atoms with Crippen LogP contribution in [0.3, 0.4) is 0 Å². The molecular weight excluding hydrogens is 199 g/mol. The lowest BCUT2D eigenvalue weighted by molar-refractivity contribution is 0.492. The van der Waals surface area contributed by atoms with Gasteiger partial charge in [-0.05, 0) is 19.1 Å². The van der Waals surface area contributed by atoms with E-state index >= 15 is 0 Å². The van der Waals surface area contributed by atoms with E-state index in [1.807, 2.05) is 11.8 Å². The van der Waals surface area contributed by atoms with Crippen molar-refractivity contribution in [3.8, 4) is 0 Å². The number of thioether (sulfide) groups is 1. The summed E-state index contributed by atoms with van der Waals surface area (Å²) in [6.45, 7) is 2.16. The Morgan fingerprint density at radius 2 is 2.36 bits per heavy atom. The molecule has 0 amide bonds. The van der Waals surface area contributed by atoms with Crippen LogP contribution in [0, 0.1) is 5.82 Å². The van der Waals surface area contributed by atoms with Crippen molar-refractivity contribution in [2.24, 2.45) is 0 Å². The van der Waals surface area contributed by atoms with Gasteiger partial charge >= 0.3 is 0 Å². The number of hydrogen-bond acceptors (Lipinski definition) is 3. The molecule has 0 radical (unpaired) electrons. The van der Waals surface area contributed by atoms with Gasteiger partial charge in [-0.1, -0.05) is 0 Å². The fourth-order valence-corrected chi connectivity index (χ4v) is 2.66. The lowest BCUT2D eigenvalue weighted by Gasteiger charge is -2.27. The van der Waals surface area contributed by atoms with Gasteiger partial charge in [-0.25, -0.2) is 4.39 Å². The van der Waals surface area contributed by atoms with Crippen LogP contribution in [0.15, 0.2) is 18.3 Å². The Morgan fingerprint density at radius 3 is 3.00 bits per heavy atom. The number of nitrogens with one attached hydrogen (secondary N) is 1. The second-order valence-corrected chi connectivity index (χ2v) is 4.63. The van der Waals surface area contributed by atoms with Gasteiger partial charge in [0.2, 0.25) is 0 Å². The van der Waals surface area contributed by atoms with Crippen LogP contribution in [0.25, 0.3) is 0 Å². The molecule has 0 saturated carbocycles. The topological polar surface area (TPSA) is 24.9 Å². The van der Waals surface area contributed by atoms with Crippen molar-refractivity contribution < 1.29 is 4.39 Å². The first kappa shape index (κ1) is 9.93. The first-order valence-corrected chi connectivity index (χ1v) is 5.86. The monoisotopic (exact) mass is 212 g/mol. The van der Waals surface area contributed by atoms with E-state index in [2.05, 4.69) is 17.2 Å². The average Bonchev–Trinajstić information content (AvgIpc) is 2.19. The van der Waals surface area contributed by atoms with E-state index in [-0.39, 0.29) is 11.9 Å². The van der Waals surface area contributed by atoms with Crippen LogP contribution >= 0.6 is 11.8 Å². The Morgan fingerprint density at radius 1 is 1.50 bits per heavy atom. The van der Waals surface area contributed by atoms with E-state index in [1.165, 1.54) is 12.3 Å². The SMILES string of the molecule is CC1CSCC(c2ccc(F)cn2)N1. The van der Waals surface area contributed by atoms with Gasteiger partial charge in [0.25, 0.3) is 0 Å². The minimum absolute atomic E-state index is 0.268. The zero-order valence-electron chi connectivity index (χ0n) is 8.03. The number of hydrogen-bond donors (Lipinski definition) is 1. The number of rotatable bonds is 1. The lowest BCUT2D eigenvalue weighted by Crippen LogP contribution is -2.38. The molecule has 2 heterocycles. The van der Waals surface area contributed by atoms with Crippen LogP contribution in [0.1, 0.15) is 18.7 Å². The first-order chi connectivity index (χ1) is 6.75. The minimum atomic E-state index is -0.273. The Labute approximate surface area is 87.3 Å². The van der Waals surface area contributed by atoms with Gasteiger partial charge in [0, 0.05) is 17.5 Å². The molecule has 2 unspecified atom stereocenters. The molecule has 0 bridgehead atoms. The highest BCUT2D eigenvalue weighted by Gasteiger charge is 2.20. The molecule has 0 aliphatic carbocycles. The molecule has 14 heavy (non-hydrogen) atoms. The Kier molecular flexibility index (Phi) is 3.03. The maximum Gasteiger partial charge on any atom is 0.141 e. The fraction of sp³-hybridized carbons (Fsp3) is 0.500. The molecule has 76 valence electrons. The van der Waals surface area contributed by atoms with Crippen molar-refractivity contribution in [3.05, 3.63) is 29.8 Å². The number of pyridine rings is 1. The van der Waals surface area contributed by atoms with E-state index < -0.39 is 0 Å². The second kappa shape index (κ2) is 4.28. The van der Waals surface area contributed by atoms with E-state index in [4.69, 9.17) is 0 Å². The molecule has 1 N–H and O–H groups in total. The molecule has 1 saturated heterocycles. The second-order valence-electron chi connectivity index (χ2n) is 3.56. The van der Waals surface area contributed by atoms with E-state index in [1.54, 1.807) is 6.07 Å². The van der Waals surface area contributed by atoms with Gasteiger partial charge in [0.1, 0.15) is 5.82 Å². The predicted octanol–water partition coefficient (Wildman–Crippen LogP) is 1.99. The van der Waals surface area contributed by atoms with E-state index in [9.17, 15) is 4.39 Å². The maximum absolute atomic E-state index is 12.6. The summed E-state index contributed by atoms with van der Waals surface area (Å²) in [5, 5.41) is 3.45. The third-order valence-electron chi connectivity index (χ3n) is 2.25. The number of halogens is 1. The average molecular weight is 212 g/mol. The standard InChI is InChI=1S/C10H13FN2S/c1-7-5-14-6-10(13-7)9-3-2-8(11)4-12-9/h2-4,7,10,13H,5-6H2,1H3. The maximum atomic E-state index is 12.6. The summed E-state index contributed by atoms with van der Waals surface area (Å²) < 4.78 is 12.6. The van der Waals surface area contributed by atoms with Crippen LogP contribution in [0.5, 0.6) is 0 Å². The van der Waals surface area contributed by atoms with Crippen molar-refractivity contribution >= 4 is 11.8 Å². The molecule has 0 spiro atoms. The number of nitrogens with zero attached hydrogens (tertiary/aromatic N) is 1. The van der Waals surface area contributed by atoms with Gasteiger partial charge in [-0.15, -0.1) is 0 Å². The quantitative estimate of drug-likeness (QED) is 0.770. The Hall–Kier alpha value is -0.610. The van der Waals surface area contributed by atoms with Gasteiger partial charge in [0.05, 0.1) is 17.9 Å². The third-order valence-corrected chi connectivity index (χ3v) is 3.55. The lowest BCUT2D eigenvalue weighted by atomic mass is 10.2. The first-order valence-electron chi connectivity index (χ1n) is 4.71. The summed E-state index contributed by atoms with van der Waals surface area (Å²) in [6.07, 6.45) is 1.28. The molecule has 2 atom stereocenters. The molecular formula is C10H13FN2S. The van der Waals surface area contributed by atoms with Crippen LogP contribution < -0.4 is 5.32 Å². The predicted molar refractivity (Wildman–Crippen MR) is 56.9 cm³/mol. The highest BCUT2D eigenvalue weighted by atomic mass is 32.2. The summed E-state index contributed by atoms with van der Waals surface area (Å²) >= 11 is 1.91. The van der Waals surface area contributed by atoms with Gasteiger partial charge in [-0.2, -0.15) is 11.8 Å². The van der Waals surface area contributed by atoms with Crippen LogP contribution in [0.4, 0.5) is 4.39 Å². The normalized spacial score (nSPS) is 27.6. The highest BCUT2D eigenvalue weighted by Crippen LogP contribution is 2.22. The molecule has 2 nitrogen and oxygen atoms in total. The summed E-state index contributed by atoms with van der Waals surface area (Å²) in [5.74, 6) is 1.88. The molecule has 1 aliphatic heterocycles. The summed E-state index contributed by atoms with van der Waals surface area (Å²) in [5.41, 5.74) is 0.936. The summed E-state index contributed by atoms with van der Waals surface area (Å²) in [6, 6.07) is 3.99. The van der Waals surface area contributed by atoms with Crippen molar-refractivity contribution in [2.75, 3.05) is 11.5 Å². The van der Waals surface area contributed by atoms with Gasteiger partial charge < -0.3 is 5.32 Å². The Bertz CT molecular complexity index is 301. The highest BCUT2D eigenvalue weighted by molar-refractivity contribution is 7.99. The fourth-order valence-electron chi connectivity index (χ4n) is 1.57. The molecule has 1 aliphatic rings. The molecule has 0 aromatic carbocycles. The van der Waals surface area contributed by atoms with Crippen LogP contribution in [0.2, 0.25) is 0 Å².